The van der Waals surface area contributed by atoms with Crippen LogP contribution in [0.4, 0.5) is 0 Å². The summed E-state index contributed by atoms with van der Waals surface area (Å²) in [6.07, 6.45) is 0. The molecule has 1 aliphatic rings. The van der Waals surface area contributed by atoms with Crippen molar-refractivity contribution in [2.24, 2.45) is 5.73 Å². The number of rotatable bonds is 1. The fourth-order valence-electron chi connectivity index (χ4n) is 2.27. The molecule has 3 rings (SSSR count). The molecule has 0 aromatic heterocycles. The third-order valence-corrected chi connectivity index (χ3v) is 4.17. The van der Waals surface area contributed by atoms with E-state index < -0.39 is 0 Å². The summed E-state index contributed by atoms with van der Waals surface area (Å²) in [5, 5.41) is 0.139. The summed E-state index contributed by atoms with van der Waals surface area (Å²) in [6, 6.07) is 19.0. The molecule has 0 amide bonds. The Balaban J connectivity index is 2.09. The van der Waals surface area contributed by atoms with Crippen LogP contribution in [0.2, 0.25) is 0 Å². The molecule has 1 nitrogen and oxygen atoms in total. The molecule has 0 spiro atoms. The second-order valence-electron chi connectivity index (χ2n) is 4.01. The van der Waals surface area contributed by atoms with E-state index in [1.165, 1.54) is 16.0 Å². The molecule has 2 aromatic rings. The van der Waals surface area contributed by atoms with Gasteiger partial charge in [-0.3, -0.25) is 0 Å². The van der Waals surface area contributed by atoms with Crippen molar-refractivity contribution in [3.8, 4) is 0 Å². The Morgan fingerprint density at radius 2 is 1.56 bits per heavy atom. The summed E-state index contributed by atoms with van der Waals surface area (Å²) in [5.74, 6) is 0.336. The Morgan fingerprint density at radius 3 is 2.38 bits per heavy atom. The van der Waals surface area contributed by atoms with Crippen molar-refractivity contribution in [1.29, 1.82) is 0 Å². The summed E-state index contributed by atoms with van der Waals surface area (Å²) in [7, 11) is 0. The van der Waals surface area contributed by atoms with Gasteiger partial charge in [0.25, 0.3) is 0 Å². The summed E-state index contributed by atoms with van der Waals surface area (Å²) in [6.45, 7) is 0. The molecule has 0 saturated carbocycles. The van der Waals surface area contributed by atoms with Crippen LogP contribution in [0.3, 0.4) is 0 Å². The number of thioether (sulfide) groups is 1. The number of fused-ring (bicyclic) bond motifs is 1. The van der Waals surface area contributed by atoms with Gasteiger partial charge in [-0.1, -0.05) is 48.5 Å². The molecule has 1 heterocycles. The first-order valence-corrected chi connectivity index (χ1v) is 6.30. The summed E-state index contributed by atoms with van der Waals surface area (Å²) in [4.78, 5) is 1.32. The van der Waals surface area contributed by atoms with Gasteiger partial charge in [-0.2, -0.15) is 0 Å². The molecule has 0 aliphatic carbocycles. The quantitative estimate of drug-likeness (QED) is 0.809. The first kappa shape index (κ1) is 9.94. The fourth-order valence-corrected chi connectivity index (χ4v) is 3.49. The van der Waals surface area contributed by atoms with Crippen LogP contribution in [-0.4, -0.2) is 5.37 Å². The third kappa shape index (κ3) is 1.55. The molecule has 2 unspecified atom stereocenters. The first-order valence-electron chi connectivity index (χ1n) is 5.42. The Kier molecular flexibility index (Phi) is 2.46. The summed E-state index contributed by atoms with van der Waals surface area (Å²) < 4.78 is 0. The molecule has 2 atom stereocenters. The van der Waals surface area contributed by atoms with Crippen LogP contribution in [0.5, 0.6) is 0 Å². The molecule has 80 valence electrons. The maximum absolute atomic E-state index is 6.22. The van der Waals surface area contributed by atoms with Crippen LogP contribution in [0.1, 0.15) is 17.0 Å². The van der Waals surface area contributed by atoms with Crippen LogP contribution in [-0.2, 0) is 0 Å². The van der Waals surface area contributed by atoms with Crippen LogP contribution < -0.4 is 5.73 Å². The number of benzene rings is 2. The van der Waals surface area contributed by atoms with Gasteiger partial charge in [0, 0.05) is 10.8 Å². The number of nitrogens with two attached hydrogens (primary N) is 1. The van der Waals surface area contributed by atoms with E-state index in [2.05, 4.69) is 48.5 Å². The second kappa shape index (κ2) is 3.96. The highest BCUT2D eigenvalue weighted by atomic mass is 32.2. The van der Waals surface area contributed by atoms with E-state index in [0.29, 0.717) is 5.92 Å². The standard InChI is InChI=1S/C14H13NS/c15-14-13(10-6-2-1-3-7-10)11-8-4-5-9-12(11)16-14/h1-9,13-14H,15H2. The highest BCUT2D eigenvalue weighted by Gasteiger charge is 2.31. The van der Waals surface area contributed by atoms with Gasteiger partial charge >= 0.3 is 0 Å². The Hall–Kier alpha value is -1.25. The smallest absolute Gasteiger partial charge is 0.0665 e. The molecule has 2 heteroatoms. The molecular weight excluding hydrogens is 214 g/mol. The number of hydrogen-bond acceptors (Lipinski definition) is 2. The topological polar surface area (TPSA) is 26.0 Å². The summed E-state index contributed by atoms with van der Waals surface area (Å²) >= 11 is 1.77. The van der Waals surface area contributed by atoms with Crippen molar-refractivity contribution >= 4 is 11.8 Å². The summed E-state index contributed by atoms with van der Waals surface area (Å²) in [5.41, 5.74) is 8.90. The van der Waals surface area contributed by atoms with Crippen LogP contribution in [0.25, 0.3) is 0 Å². The highest BCUT2D eigenvalue weighted by Crippen LogP contribution is 2.45. The van der Waals surface area contributed by atoms with Crippen molar-refractivity contribution in [2.45, 2.75) is 16.2 Å². The average molecular weight is 227 g/mol. The molecule has 0 radical (unpaired) electrons. The first-order chi connectivity index (χ1) is 7.86. The average Bonchev–Trinajstić information content (AvgIpc) is 2.66. The van der Waals surface area contributed by atoms with E-state index >= 15 is 0 Å². The van der Waals surface area contributed by atoms with Crippen LogP contribution in [0.15, 0.2) is 59.5 Å². The van der Waals surface area contributed by atoms with Gasteiger partial charge < -0.3 is 5.73 Å². The van der Waals surface area contributed by atoms with Gasteiger partial charge in [0.2, 0.25) is 0 Å². The van der Waals surface area contributed by atoms with E-state index in [9.17, 15) is 0 Å². The molecule has 2 N–H and O–H groups in total. The zero-order chi connectivity index (χ0) is 11.0. The molecule has 0 bridgehead atoms. The lowest BCUT2D eigenvalue weighted by molar-refractivity contribution is 0.781. The lowest BCUT2D eigenvalue weighted by Crippen LogP contribution is -2.21. The zero-order valence-corrected chi connectivity index (χ0v) is 9.65. The van der Waals surface area contributed by atoms with Crippen molar-refractivity contribution in [3.05, 3.63) is 65.7 Å². The minimum atomic E-state index is 0.139. The SMILES string of the molecule is NC1Sc2ccccc2C1c1ccccc1. The molecular formula is C14H13NS. The van der Waals surface area contributed by atoms with Gasteiger partial charge in [-0.25, -0.2) is 0 Å². The predicted molar refractivity (Wildman–Crippen MR) is 68.6 cm³/mol. The van der Waals surface area contributed by atoms with Crippen molar-refractivity contribution in [2.75, 3.05) is 0 Å². The minimum absolute atomic E-state index is 0.139. The van der Waals surface area contributed by atoms with Crippen molar-refractivity contribution in [1.82, 2.24) is 0 Å². The minimum Gasteiger partial charge on any atom is -0.318 e. The predicted octanol–water partition coefficient (Wildman–Crippen LogP) is 3.21. The molecule has 16 heavy (non-hydrogen) atoms. The monoisotopic (exact) mass is 227 g/mol. The van der Waals surface area contributed by atoms with E-state index in [-0.39, 0.29) is 5.37 Å². The lowest BCUT2D eigenvalue weighted by Gasteiger charge is -2.15. The van der Waals surface area contributed by atoms with Crippen molar-refractivity contribution in [3.63, 3.8) is 0 Å². The van der Waals surface area contributed by atoms with E-state index in [4.69, 9.17) is 5.73 Å². The second-order valence-corrected chi connectivity index (χ2v) is 5.23. The lowest BCUT2D eigenvalue weighted by atomic mass is 9.91. The Morgan fingerprint density at radius 1 is 0.875 bits per heavy atom. The van der Waals surface area contributed by atoms with Crippen LogP contribution in [0, 0.1) is 0 Å². The molecule has 0 saturated heterocycles. The number of hydrogen-bond donors (Lipinski definition) is 1. The molecule has 2 aromatic carbocycles. The maximum atomic E-state index is 6.22. The van der Waals surface area contributed by atoms with E-state index in [1.807, 2.05) is 6.07 Å². The third-order valence-electron chi connectivity index (χ3n) is 3.00. The van der Waals surface area contributed by atoms with Crippen LogP contribution >= 0.6 is 11.8 Å². The largest absolute Gasteiger partial charge is 0.318 e. The fraction of sp³-hybridized carbons (Fsp3) is 0.143. The van der Waals surface area contributed by atoms with Gasteiger partial charge in [0.15, 0.2) is 0 Å². The van der Waals surface area contributed by atoms with Crippen molar-refractivity contribution < 1.29 is 0 Å². The Labute approximate surface area is 99.7 Å². The molecule has 0 fully saturated rings. The van der Waals surface area contributed by atoms with Gasteiger partial charge in [0.05, 0.1) is 5.37 Å². The Bertz CT molecular complexity index is 495. The maximum Gasteiger partial charge on any atom is 0.0665 e. The van der Waals surface area contributed by atoms with Gasteiger partial charge in [0.1, 0.15) is 0 Å². The van der Waals surface area contributed by atoms with Gasteiger partial charge in [-0.05, 0) is 17.2 Å². The normalized spacial score (nSPS) is 23.1. The zero-order valence-electron chi connectivity index (χ0n) is 8.84. The van der Waals surface area contributed by atoms with Gasteiger partial charge in [-0.15, -0.1) is 11.8 Å². The molecule has 1 aliphatic heterocycles. The van der Waals surface area contributed by atoms with E-state index in [1.54, 1.807) is 11.8 Å². The van der Waals surface area contributed by atoms with E-state index in [0.717, 1.165) is 0 Å². The highest BCUT2D eigenvalue weighted by molar-refractivity contribution is 8.00.